The second-order valence-corrected chi connectivity index (χ2v) is 5.32. The van der Waals surface area contributed by atoms with Gasteiger partial charge in [0.1, 0.15) is 5.82 Å². The van der Waals surface area contributed by atoms with E-state index >= 15 is 0 Å². The number of benzene rings is 1. The largest absolute Gasteiger partial charge is 0.263 e. The first-order valence-electron chi connectivity index (χ1n) is 5.08. The Bertz CT molecular complexity index is 609. The Morgan fingerprint density at radius 1 is 1.12 bits per heavy atom. The van der Waals surface area contributed by atoms with Crippen molar-refractivity contribution in [1.29, 1.82) is 0 Å². The third kappa shape index (κ3) is 2.82. The van der Waals surface area contributed by atoms with Crippen LogP contribution in [0.15, 0.2) is 53.6 Å². The van der Waals surface area contributed by atoms with Crippen LogP contribution in [-0.4, -0.2) is 13.4 Å². The second kappa shape index (κ2) is 4.55. The molecule has 0 bridgehead atoms. The fraction of sp³-hybridized carbons (Fsp3) is 0.0833. The van der Waals surface area contributed by atoms with Gasteiger partial charge in [-0.2, -0.15) is 0 Å². The van der Waals surface area contributed by atoms with Crippen molar-refractivity contribution in [2.75, 3.05) is 4.72 Å². The zero-order valence-corrected chi connectivity index (χ0v) is 10.1. The Balaban J connectivity index is 2.32. The van der Waals surface area contributed by atoms with E-state index in [0.29, 0.717) is 5.82 Å². The van der Waals surface area contributed by atoms with Gasteiger partial charge in [0.15, 0.2) is 0 Å². The molecule has 4 nitrogen and oxygen atoms in total. The van der Waals surface area contributed by atoms with Crippen LogP contribution in [0.4, 0.5) is 5.82 Å². The van der Waals surface area contributed by atoms with Crippen molar-refractivity contribution < 1.29 is 8.42 Å². The first-order valence-corrected chi connectivity index (χ1v) is 6.57. The molecule has 0 atom stereocenters. The minimum Gasteiger partial charge on any atom is -0.263 e. The Morgan fingerprint density at radius 3 is 2.59 bits per heavy atom. The monoisotopic (exact) mass is 248 g/mol. The van der Waals surface area contributed by atoms with Gasteiger partial charge in [0, 0.05) is 6.20 Å². The zero-order valence-electron chi connectivity index (χ0n) is 9.29. The van der Waals surface area contributed by atoms with Crippen LogP contribution in [0.1, 0.15) is 5.56 Å². The second-order valence-electron chi connectivity index (χ2n) is 3.64. The summed E-state index contributed by atoms with van der Waals surface area (Å²) in [4.78, 5) is 4.16. The number of hydrogen-bond donors (Lipinski definition) is 1. The Morgan fingerprint density at radius 2 is 1.94 bits per heavy atom. The highest BCUT2D eigenvalue weighted by molar-refractivity contribution is 7.92. The Kier molecular flexibility index (Phi) is 3.10. The lowest BCUT2D eigenvalue weighted by atomic mass is 10.2. The highest BCUT2D eigenvalue weighted by Gasteiger charge is 2.14. The van der Waals surface area contributed by atoms with Gasteiger partial charge in [-0.3, -0.25) is 4.72 Å². The molecule has 0 aliphatic rings. The van der Waals surface area contributed by atoms with Crippen molar-refractivity contribution in [2.24, 2.45) is 0 Å². The maximum absolute atomic E-state index is 12.0. The number of pyridine rings is 1. The van der Waals surface area contributed by atoms with Crippen LogP contribution in [-0.2, 0) is 10.0 Å². The van der Waals surface area contributed by atoms with Gasteiger partial charge < -0.3 is 0 Å². The van der Waals surface area contributed by atoms with Crippen molar-refractivity contribution in [3.8, 4) is 0 Å². The molecule has 0 aliphatic carbocycles. The molecule has 0 amide bonds. The average molecular weight is 248 g/mol. The van der Waals surface area contributed by atoms with Crippen LogP contribution < -0.4 is 4.72 Å². The molecule has 1 aromatic carbocycles. The summed E-state index contributed by atoms with van der Waals surface area (Å²) in [6.07, 6.45) is 1.54. The molecule has 1 aromatic heterocycles. The topological polar surface area (TPSA) is 59.1 Å². The van der Waals surface area contributed by atoms with E-state index in [1.165, 1.54) is 6.20 Å². The lowest BCUT2D eigenvalue weighted by molar-refractivity contribution is 0.601. The van der Waals surface area contributed by atoms with Gasteiger partial charge in [0.25, 0.3) is 10.0 Å². The third-order valence-corrected chi connectivity index (χ3v) is 3.56. The quantitative estimate of drug-likeness (QED) is 0.905. The van der Waals surface area contributed by atoms with E-state index in [9.17, 15) is 8.42 Å². The predicted octanol–water partition coefficient (Wildman–Crippen LogP) is 2.19. The summed E-state index contributed by atoms with van der Waals surface area (Å²) in [7, 11) is -3.55. The average Bonchev–Trinajstić information content (AvgIpc) is 2.30. The SMILES string of the molecule is Cc1cccc(S(=O)(=O)Nc2ccccn2)c1. The number of hydrogen-bond acceptors (Lipinski definition) is 3. The summed E-state index contributed by atoms with van der Waals surface area (Å²) < 4.78 is 26.4. The summed E-state index contributed by atoms with van der Waals surface area (Å²) >= 11 is 0. The molecular formula is C12H12N2O2S. The molecule has 0 aliphatic heterocycles. The first-order chi connectivity index (χ1) is 8.08. The molecule has 5 heteroatoms. The number of aromatic nitrogens is 1. The molecule has 2 aromatic rings. The molecule has 0 spiro atoms. The number of nitrogens with zero attached hydrogens (tertiary/aromatic N) is 1. The lowest BCUT2D eigenvalue weighted by Crippen LogP contribution is -2.13. The Hall–Kier alpha value is -1.88. The van der Waals surface area contributed by atoms with Crippen LogP contribution in [0.5, 0.6) is 0 Å². The van der Waals surface area contributed by atoms with Gasteiger partial charge in [-0.05, 0) is 36.8 Å². The zero-order chi connectivity index (χ0) is 12.3. The van der Waals surface area contributed by atoms with Gasteiger partial charge in [-0.25, -0.2) is 13.4 Å². The van der Waals surface area contributed by atoms with E-state index < -0.39 is 10.0 Å². The van der Waals surface area contributed by atoms with Crippen molar-refractivity contribution in [2.45, 2.75) is 11.8 Å². The molecule has 0 unspecified atom stereocenters. The van der Waals surface area contributed by atoms with Crippen LogP contribution >= 0.6 is 0 Å². The smallest absolute Gasteiger partial charge is 0.263 e. The normalized spacial score (nSPS) is 11.1. The van der Waals surface area contributed by atoms with Gasteiger partial charge >= 0.3 is 0 Å². The molecule has 0 saturated carbocycles. The Labute approximate surface area is 100 Å². The van der Waals surface area contributed by atoms with Gasteiger partial charge in [-0.1, -0.05) is 18.2 Å². The van der Waals surface area contributed by atoms with Crippen molar-refractivity contribution >= 4 is 15.8 Å². The highest BCUT2D eigenvalue weighted by atomic mass is 32.2. The van der Waals surface area contributed by atoms with Crippen molar-refractivity contribution in [3.63, 3.8) is 0 Å². The summed E-state index contributed by atoms with van der Waals surface area (Å²) in [5.41, 5.74) is 0.897. The summed E-state index contributed by atoms with van der Waals surface area (Å²) in [5, 5.41) is 0. The molecule has 0 fully saturated rings. The summed E-state index contributed by atoms with van der Waals surface area (Å²) in [6.45, 7) is 1.85. The molecule has 88 valence electrons. The van der Waals surface area contributed by atoms with Crippen LogP contribution in [0.3, 0.4) is 0 Å². The number of sulfonamides is 1. The molecule has 0 saturated heterocycles. The van der Waals surface area contributed by atoms with Crippen LogP contribution in [0, 0.1) is 6.92 Å². The number of rotatable bonds is 3. The minimum absolute atomic E-state index is 0.239. The summed E-state index contributed by atoms with van der Waals surface area (Å²) in [5.74, 6) is 0.314. The maximum atomic E-state index is 12.0. The van der Waals surface area contributed by atoms with E-state index in [4.69, 9.17) is 0 Å². The molecule has 2 rings (SSSR count). The molecule has 17 heavy (non-hydrogen) atoms. The summed E-state index contributed by atoms with van der Waals surface area (Å²) in [6, 6.07) is 11.8. The van der Waals surface area contributed by atoms with E-state index in [-0.39, 0.29) is 4.90 Å². The van der Waals surface area contributed by atoms with Gasteiger partial charge in [0.2, 0.25) is 0 Å². The predicted molar refractivity (Wildman–Crippen MR) is 66.2 cm³/mol. The fourth-order valence-electron chi connectivity index (χ4n) is 1.40. The van der Waals surface area contributed by atoms with Crippen LogP contribution in [0.25, 0.3) is 0 Å². The number of nitrogens with one attached hydrogen (secondary N) is 1. The van der Waals surface area contributed by atoms with Crippen molar-refractivity contribution in [1.82, 2.24) is 4.98 Å². The molecule has 1 N–H and O–H groups in total. The van der Waals surface area contributed by atoms with E-state index in [1.54, 1.807) is 36.4 Å². The lowest BCUT2D eigenvalue weighted by Gasteiger charge is -2.07. The maximum Gasteiger partial charge on any atom is 0.263 e. The molecular weight excluding hydrogens is 236 g/mol. The van der Waals surface area contributed by atoms with E-state index in [2.05, 4.69) is 9.71 Å². The van der Waals surface area contributed by atoms with Crippen molar-refractivity contribution in [3.05, 3.63) is 54.2 Å². The number of anilines is 1. The van der Waals surface area contributed by atoms with Crippen LogP contribution in [0.2, 0.25) is 0 Å². The molecule has 0 radical (unpaired) electrons. The van der Waals surface area contributed by atoms with Gasteiger partial charge in [0.05, 0.1) is 4.90 Å². The number of aryl methyl sites for hydroxylation is 1. The third-order valence-electron chi connectivity index (χ3n) is 2.20. The minimum atomic E-state index is -3.55. The van der Waals surface area contributed by atoms with E-state index in [1.807, 2.05) is 13.0 Å². The standard InChI is InChI=1S/C12H12N2O2S/c1-10-5-4-6-11(9-10)17(15,16)14-12-7-2-3-8-13-12/h2-9H,1H3,(H,13,14). The first kappa shape index (κ1) is 11.6. The highest BCUT2D eigenvalue weighted by Crippen LogP contribution is 2.14. The van der Waals surface area contributed by atoms with Gasteiger partial charge in [-0.15, -0.1) is 0 Å². The molecule has 1 heterocycles. The van der Waals surface area contributed by atoms with E-state index in [0.717, 1.165) is 5.56 Å². The fourth-order valence-corrected chi connectivity index (χ4v) is 2.51.